The Hall–Kier alpha value is -4.78. The molecule has 0 fully saturated rings. The van der Waals surface area contributed by atoms with Gasteiger partial charge in [0.05, 0.1) is 12.6 Å². The molecule has 0 heterocycles. The lowest BCUT2D eigenvalue weighted by Gasteiger charge is -2.14. The first-order valence-corrected chi connectivity index (χ1v) is 12.5. The van der Waals surface area contributed by atoms with Crippen LogP contribution >= 0.6 is 0 Å². The van der Waals surface area contributed by atoms with Gasteiger partial charge >= 0.3 is 0 Å². The van der Waals surface area contributed by atoms with E-state index in [0.29, 0.717) is 30.2 Å². The molecule has 0 radical (unpaired) electrons. The third-order valence-corrected chi connectivity index (χ3v) is 5.73. The molecule has 194 valence electrons. The minimum Gasteiger partial charge on any atom is -0.490 e. The van der Waals surface area contributed by atoms with Crippen molar-refractivity contribution in [3.63, 3.8) is 0 Å². The summed E-state index contributed by atoms with van der Waals surface area (Å²) in [6.07, 6.45) is 0. The summed E-state index contributed by atoms with van der Waals surface area (Å²) >= 11 is 0. The summed E-state index contributed by atoms with van der Waals surface area (Å²) in [7, 11) is 0. The molecule has 2 amide bonds. The summed E-state index contributed by atoms with van der Waals surface area (Å²) in [5.74, 6) is 1.08. The minimum atomic E-state index is -0.201. The highest BCUT2D eigenvalue weighted by Gasteiger charge is 2.11. The molecule has 3 N–H and O–H groups in total. The molecule has 7 heteroatoms. The van der Waals surface area contributed by atoms with Crippen LogP contribution in [0.25, 0.3) is 0 Å². The largest absolute Gasteiger partial charge is 0.490 e. The number of benzene rings is 4. The third kappa shape index (κ3) is 8.13. The van der Waals surface area contributed by atoms with Crippen molar-refractivity contribution in [3.8, 4) is 11.5 Å². The second-order valence-electron chi connectivity index (χ2n) is 8.62. The van der Waals surface area contributed by atoms with Gasteiger partial charge in [-0.3, -0.25) is 9.59 Å². The standard InChI is InChI=1S/C31H31N3O4/c1-23(24-9-4-2-5-10-24)33-31(36)25-15-17-26(18-16-25)32-22-30(35)34-27-11-8-14-29(21-27)38-20-19-37-28-12-6-3-7-13-28/h2-18,21,23,32H,19-20,22H2,1H3,(H,33,36)(H,34,35). The van der Waals surface area contributed by atoms with Crippen LogP contribution in [0.1, 0.15) is 28.9 Å². The van der Waals surface area contributed by atoms with Crippen molar-refractivity contribution in [3.05, 3.63) is 120 Å². The monoisotopic (exact) mass is 509 g/mol. The highest BCUT2D eigenvalue weighted by molar-refractivity contribution is 5.95. The van der Waals surface area contributed by atoms with Crippen LogP contribution in [-0.4, -0.2) is 31.6 Å². The number of anilines is 2. The molecule has 0 aliphatic carbocycles. The van der Waals surface area contributed by atoms with E-state index >= 15 is 0 Å². The first kappa shape index (κ1) is 26.3. The molecular formula is C31H31N3O4. The molecule has 0 spiro atoms. The van der Waals surface area contributed by atoms with Gasteiger partial charge < -0.3 is 25.4 Å². The Morgan fingerprint density at radius 2 is 1.34 bits per heavy atom. The Morgan fingerprint density at radius 3 is 2.05 bits per heavy atom. The lowest BCUT2D eigenvalue weighted by atomic mass is 10.1. The van der Waals surface area contributed by atoms with Crippen LogP contribution in [-0.2, 0) is 4.79 Å². The van der Waals surface area contributed by atoms with E-state index in [1.807, 2.05) is 79.7 Å². The summed E-state index contributed by atoms with van der Waals surface area (Å²) in [6, 6.07) is 33.5. The molecule has 4 rings (SSSR count). The molecule has 4 aromatic carbocycles. The zero-order valence-electron chi connectivity index (χ0n) is 21.2. The van der Waals surface area contributed by atoms with Crippen LogP contribution in [0.2, 0.25) is 0 Å². The van der Waals surface area contributed by atoms with Crippen LogP contribution in [0, 0.1) is 0 Å². The zero-order chi connectivity index (χ0) is 26.6. The second-order valence-corrected chi connectivity index (χ2v) is 8.62. The average Bonchev–Trinajstić information content (AvgIpc) is 2.96. The van der Waals surface area contributed by atoms with Gasteiger partial charge in [-0.15, -0.1) is 0 Å². The molecule has 7 nitrogen and oxygen atoms in total. The van der Waals surface area contributed by atoms with Crippen LogP contribution in [0.3, 0.4) is 0 Å². The Morgan fingerprint density at radius 1 is 0.711 bits per heavy atom. The molecule has 1 unspecified atom stereocenters. The minimum absolute atomic E-state index is 0.0760. The number of para-hydroxylation sites is 1. The fourth-order valence-electron chi connectivity index (χ4n) is 3.73. The Kier molecular flexibility index (Phi) is 9.34. The summed E-state index contributed by atoms with van der Waals surface area (Å²) < 4.78 is 11.4. The first-order valence-electron chi connectivity index (χ1n) is 12.5. The second kappa shape index (κ2) is 13.5. The van der Waals surface area contributed by atoms with Gasteiger partial charge in [0, 0.05) is 23.0 Å². The normalized spacial score (nSPS) is 11.2. The maximum absolute atomic E-state index is 12.6. The van der Waals surface area contributed by atoms with Gasteiger partial charge in [0.1, 0.15) is 24.7 Å². The van der Waals surface area contributed by atoms with Gasteiger partial charge in [-0.2, -0.15) is 0 Å². The van der Waals surface area contributed by atoms with Crippen LogP contribution in [0.5, 0.6) is 11.5 Å². The molecule has 0 aromatic heterocycles. The predicted octanol–water partition coefficient (Wildman–Crippen LogP) is 5.69. The van der Waals surface area contributed by atoms with E-state index < -0.39 is 0 Å². The molecule has 4 aromatic rings. The molecule has 1 atom stereocenters. The number of hydrogen-bond donors (Lipinski definition) is 3. The highest BCUT2D eigenvalue weighted by Crippen LogP contribution is 2.18. The number of carbonyl (C=O) groups excluding carboxylic acids is 2. The van der Waals surface area contributed by atoms with Crippen LogP contribution < -0.4 is 25.4 Å². The number of ether oxygens (including phenoxy) is 2. The van der Waals surface area contributed by atoms with E-state index in [1.54, 1.807) is 36.4 Å². The van der Waals surface area contributed by atoms with E-state index in [9.17, 15) is 9.59 Å². The van der Waals surface area contributed by atoms with Gasteiger partial charge in [-0.1, -0.05) is 54.6 Å². The lowest BCUT2D eigenvalue weighted by molar-refractivity contribution is -0.114. The average molecular weight is 510 g/mol. The zero-order valence-corrected chi connectivity index (χ0v) is 21.2. The van der Waals surface area contributed by atoms with Crippen molar-refractivity contribution >= 4 is 23.2 Å². The first-order chi connectivity index (χ1) is 18.6. The Labute approximate surface area is 222 Å². The maximum Gasteiger partial charge on any atom is 0.251 e. The van der Waals surface area contributed by atoms with Gasteiger partial charge in [0.2, 0.25) is 5.91 Å². The molecule has 0 aliphatic rings. The predicted molar refractivity (Wildman–Crippen MR) is 150 cm³/mol. The fraction of sp³-hybridized carbons (Fsp3) is 0.161. The van der Waals surface area contributed by atoms with Crippen molar-refractivity contribution in [2.75, 3.05) is 30.4 Å². The number of carbonyl (C=O) groups is 2. The SMILES string of the molecule is CC(NC(=O)c1ccc(NCC(=O)Nc2cccc(OCCOc3ccccc3)c2)cc1)c1ccccc1. The van der Waals surface area contributed by atoms with Crippen molar-refractivity contribution < 1.29 is 19.1 Å². The van der Waals surface area contributed by atoms with Crippen molar-refractivity contribution in [2.45, 2.75) is 13.0 Å². The van der Waals surface area contributed by atoms with Crippen molar-refractivity contribution in [1.29, 1.82) is 0 Å². The number of amides is 2. The summed E-state index contributed by atoms with van der Waals surface area (Å²) in [5, 5.41) is 8.93. The highest BCUT2D eigenvalue weighted by atomic mass is 16.5. The van der Waals surface area contributed by atoms with E-state index in [0.717, 1.165) is 17.0 Å². The maximum atomic E-state index is 12.6. The van der Waals surface area contributed by atoms with Gasteiger partial charge in [0.25, 0.3) is 5.91 Å². The fourth-order valence-corrected chi connectivity index (χ4v) is 3.73. The quantitative estimate of drug-likeness (QED) is 0.214. The van der Waals surface area contributed by atoms with E-state index in [-0.39, 0.29) is 24.4 Å². The number of nitrogens with one attached hydrogen (secondary N) is 3. The Balaban J connectivity index is 1.19. The summed E-state index contributed by atoms with van der Waals surface area (Å²) in [6.45, 7) is 2.82. The van der Waals surface area contributed by atoms with Crippen molar-refractivity contribution in [1.82, 2.24) is 5.32 Å². The molecule has 0 saturated heterocycles. The molecular weight excluding hydrogens is 478 g/mol. The number of hydrogen-bond acceptors (Lipinski definition) is 5. The third-order valence-electron chi connectivity index (χ3n) is 5.73. The van der Waals surface area contributed by atoms with Crippen LogP contribution in [0.15, 0.2) is 109 Å². The van der Waals surface area contributed by atoms with E-state index in [1.165, 1.54) is 0 Å². The summed E-state index contributed by atoms with van der Waals surface area (Å²) in [4.78, 5) is 25.0. The van der Waals surface area contributed by atoms with Crippen molar-refractivity contribution in [2.24, 2.45) is 0 Å². The molecule has 38 heavy (non-hydrogen) atoms. The van der Waals surface area contributed by atoms with Gasteiger partial charge in [0.15, 0.2) is 0 Å². The molecule has 0 saturated carbocycles. The van der Waals surface area contributed by atoms with Gasteiger partial charge in [-0.25, -0.2) is 0 Å². The molecule has 0 bridgehead atoms. The van der Waals surface area contributed by atoms with Crippen LogP contribution in [0.4, 0.5) is 11.4 Å². The van der Waals surface area contributed by atoms with E-state index in [2.05, 4.69) is 16.0 Å². The topological polar surface area (TPSA) is 88.7 Å². The molecule has 0 aliphatic heterocycles. The smallest absolute Gasteiger partial charge is 0.251 e. The Bertz CT molecular complexity index is 1310. The van der Waals surface area contributed by atoms with E-state index in [4.69, 9.17) is 9.47 Å². The van der Waals surface area contributed by atoms with Gasteiger partial charge in [-0.05, 0) is 61.0 Å². The number of rotatable bonds is 12. The lowest BCUT2D eigenvalue weighted by Crippen LogP contribution is -2.26. The summed E-state index contributed by atoms with van der Waals surface area (Å²) in [5.41, 5.74) is 2.97.